The molecule has 1 N–H and O–H groups in total. The summed E-state index contributed by atoms with van der Waals surface area (Å²) >= 11 is 0. The first-order chi connectivity index (χ1) is 9.24. The van der Waals surface area contributed by atoms with Crippen LogP contribution in [0.25, 0.3) is 0 Å². The van der Waals surface area contributed by atoms with Crippen LogP contribution in [0, 0.1) is 5.92 Å². The maximum absolute atomic E-state index is 11.2. The number of aryl methyl sites for hydroxylation is 1. The van der Waals surface area contributed by atoms with Gasteiger partial charge in [-0.1, -0.05) is 50.3 Å². The molecule has 0 spiro atoms. The number of carbonyl (C=O) groups is 1. The molecule has 3 rings (SSSR count). The molecule has 1 aromatic carbocycles. The molecule has 0 aliphatic heterocycles. The first kappa shape index (κ1) is 12.7. The van der Waals surface area contributed by atoms with E-state index in [1.165, 1.54) is 49.7 Å². The van der Waals surface area contributed by atoms with E-state index in [-0.39, 0.29) is 5.92 Å². The van der Waals surface area contributed by atoms with Gasteiger partial charge < -0.3 is 5.11 Å². The number of aliphatic carboxylic acids is 1. The van der Waals surface area contributed by atoms with Crippen LogP contribution in [-0.2, 0) is 17.6 Å². The second-order valence-electron chi connectivity index (χ2n) is 6.17. The Hall–Kier alpha value is -1.31. The number of benzene rings is 1. The van der Waals surface area contributed by atoms with Crippen LogP contribution in [0.2, 0.25) is 0 Å². The van der Waals surface area contributed by atoms with Crippen molar-refractivity contribution in [2.45, 2.75) is 57.3 Å². The normalized spacial score (nSPS) is 23.3. The molecule has 0 radical (unpaired) electrons. The smallest absolute Gasteiger partial charge is 0.310 e. The number of hydrogen-bond acceptors (Lipinski definition) is 1. The van der Waals surface area contributed by atoms with Crippen LogP contribution in [0.3, 0.4) is 0 Å². The van der Waals surface area contributed by atoms with E-state index in [2.05, 4.69) is 18.2 Å². The predicted molar refractivity (Wildman–Crippen MR) is 75.4 cm³/mol. The summed E-state index contributed by atoms with van der Waals surface area (Å²) in [7, 11) is 0. The number of carboxylic acid groups (broad SMARTS) is 1. The van der Waals surface area contributed by atoms with Gasteiger partial charge in [0.2, 0.25) is 0 Å². The van der Waals surface area contributed by atoms with Crippen molar-refractivity contribution in [3.8, 4) is 0 Å². The predicted octanol–water partition coefficient (Wildman–Crippen LogP) is 3.92. The Bertz CT molecular complexity index is 472. The fourth-order valence-electron chi connectivity index (χ4n) is 3.78. The van der Waals surface area contributed by atoms with Gasteiger partial charge in [0.15, 0.2) is 0 Å². The fraction of sp³-hybridized carbons (Fsp3) is 0.588. The molecule has 19 heavy (non-hydrogen) atoms. The van der Waals surface area contributed by atoms with E-state index in [1.807, 2.05) is 0 Å². The SMILES string of the molecule is O=C(O)C1CCc2cc(CC3CCCCC3)ccc21. The minimum absolute atomic E-state index is 0.265. The van der Waals surface area contributed by atoms with Crippen molar-refractivity contribution >= 4 is 5.97 Å². The topological polar surface area (TPSA) is 37.3 Å². The van der Waals surface area contributed by atoms with Crippen molar-refractivity contribution < 1.29 is 9.90 Å². The zero-order valence-electron chi connectivity index (χ0n) is 11.4. The standard InChI is InChI=1S/C17H22O2/c18-17(19)16-9-7-14-11-13(6-8-15(14)16)10-12-4-2-1-3-5-12/h6,8,11-12,16H,1-5,7,9-10H2,(H,18,19). The zero-order chi connectivity index (χ0) is 13.2. The lowest BCUT2D eigenvalue weighted by Crippen LogP contribution is -2.10. The third kappa shape index (κ3) is 2.68. The molecule has 1 atom stereocenters. The second kappa shape index (κ2) is 5.36. The average molecular weight is 258 g/mol. The minimum atomic E-state index is -0.668. The molecule has 0 heterocycles. The highest BCUT2D eigenvalue weighted by Gasteiger charge is 2.28. The number of rotatable bonds is 3. The summed E-state index contributed by atoms with van der Waals surface area (Å²) in [4.78, 5) is 11.2. The highest BCUT2D eigenvalue weighted by atomic mass is 16.4. The molecule has 0 aromatic heterocycles. The van der Waals surface area contributed by atoms with E-state index in [4.69, 9.17) is 0 Å². The summed E-state index contributed by atoms with van der Waals surface area (Å²) in [6, 6.07) is 6.50. The summed E-state index contributed by atoms with van der Waals surface area (Å²) in [6.07, 6.45) is 9.81. The average Bonchev–Trinajstić information content (AvgIpc) is 2.83. The van der Waals surface area contributed by atoms with Crippen LogP contribution >= 0.6 is 0 Å². The van der Waals surface area contributed by atoms with Crippen LogP contribution in [0.15, 0.2) is 18.2 Å². The Labute approximate surface area is 114 Å². The minimum Gasteiger partial charge on any atom is -0.481 e. The van der Waals surface area contributed by atoms with E-state index in [0.717, 1.165) is 24.3 Å². The number of hydrogen-bond donors (Lipinski definition) is 1. The zero-order valence-corrected chi connectivity index (χ0v) is 11.4. The molecule has 2 nitrogen and oxygen atoms in total. The first-order valence-corrected chi connectivity index (χ1v) is 7.58. The van der Waals surface area contributed by atoms with Gasteiger partial charge in [-0.15, -0.1) is 0 Å². The molecular formula is C17H22O2. The highest BCUT2D eigenvalue weighted by Crippen LogP contribution is 2.35. The van der Waals surface area contributed by atoms with Crippen LogP contribution in [0.4, 0.5) is 0 Å². The fourth-order valence-corrected chi connectivity index (χ4v) is 3.78. The lowest BCUT2D eigenvalue weighted by atomic mass is 9.84. The Kier molecular flexibility index (Phi) is 3.58. The molecule has 0 saturated heterocycles. The molecule has 1 aromatic rings. The van der Waals surface area contributed by atoms with E-state index >= 15 is 0 Å². The van der Waals surface area contributed by atoms with Crippen molar-refractivity contribution in [1.82, 2.24) is 0 Å². The molecule has 2 heteroatoms. The van der Waals surface area contributed by atoms with Crippen molar-refractivity contribution in [2.24, 2.45) is 5.92 Å². The van der Waals surface area contributed by atoms with Gasteiger partial charge in [0.05, 0.1) is 5.92 Å². The molecule has 102 valence electrons. The molecule has 1 fully saturated rings. The molecule has 2 aliphatic carbocycles. The van der Waals surface area contributed by atoms with E-state index in [9.17, 15) is 9.90 Å². The van der Waals surface area contributed by atoms with Gasteiger partial charge in [-0.3, -0.25) is 4.79 Å². The van der Waals surface area contributed by atoms with Crippen LogP contribution in [0.5, 0.6) is 0 Å². The van der Waals surface area contributed by atoms with Crippen molar-refractivity contribution in [3.63, 3.8) is 0 Å². The Balaban J connectivity index is 1.73. The van der Waals surface area contributed by atoms with Crippen LogP contribution in [0.1, 0.15) is 61.1 Å². The first-order valence-electron chi connectivity index (χ1n) is 7.58. The maximum Gasteiger partial charge on any atom is 0.310 e. The second-order valence-corrected chi connectivity index (χ2v) is 6.17. The summed E-state index contributed by atoms with van der Waals surface area (Å²) in [6.45, 7) is 0. The van der Waals surface area contributed by atoms with E-state index < -0.39 is 5.97 Å². The van der Waals surface area contributed by atoms with Gasteiger partial charge >= 0.3 is 5.97 Å². The third-order valence-corrected chi connectivity index (χ3v) is 4.83. The summed E-state index contributed by atoms with van der Waals surface area (Å²) in [5.74, 6) is -0.0824. The van der Waals surface area contributed by atoms with Crippen molar-refractivity contribution in [3.05, 3.63) is 34.9 Å². The van der Waals surface area contributed by atoms with Gasteiger partial charge in [0.25, 0.3) is 0 Å². The van der Waals surface area contributed by atoms with Gasteiger partial charge in [-0.2, -0.15) is 0 Å². The molecule has 1 saturated carbocycles. The molecule has 0 bridgehead atoms. The lowest BCUT2D eigenvalue weighted by molar-refractivity contribution is -0.138. The maximum atomic E-state index is 11.2. The quantitative estimate of drug-likeness (QED) is 0.892. The van der Waals surface area contributed by atoms with Gasteiger partial charge in [-0.25, -0.2) is 0 Å². The Morgan fingerprint density at radius 3 is 2.68 bits per heavy atom. The van der Waals surface area contributed by atoms with Crippen LogP contribution < -0.4 is 0 Å². The van der Waals surface area contributed by atoms with E-state index in [0.29, 0.717) is 0 Å². The lowest BCUT2D eigenvalue weighted by Gasteiger charge is -2.21. The van der Waals surface area contributed by atoms with Crippen molar-refractivity contribution in [1.29, 1.82) is 0 Å². The largest absolute Gasteiger partial charge is 0.481 e. The molecule has 1 unspecified atom stereocenters. The summed E-state index contributed by atoms with van der Waals surface area (Å²) < 4.78 is 0. The highest BCUT2D eigenvalue weighted by molar-refractivity contribution is 5.77. The Morgan fingerprint density at radius 1 is 1.16 bits per heavy atom. The molecular weight excluding hydrogens is 236 g/mol. The van der Waals surface area contributed by atoms with Gasteiger partial charge in [-0.05, 0) is 41.9 Å². The summed E-state index contributed by atoms with van der Waals surface area (Å²) in [5, 5.41) is 9.19. The van der Waals surface area contributed by atoms with Crippen molar-refractivity contribution in [2.75, 3.05) is 0 Å². The van der Waals surface area contributed by atoms with Crippen LogP contribution in [-0.4, -0.2) is 11.1 Å². The number of fused-ring (bicyclic) bond motifs is 1. The molecule has 2 aliphatic rings. The monoisotopic (exact) mass is 258 g/mol. The molecule has 0 amide bonds. The van der Waals surface area contributed by atoms with Gasteiger partial charge in [0, 0.05) is 0 Å². The van der Waals surface area contributed by atoms with E-state index in [1.54, 1.807) is 0 Å². The number of carboxylic acids is 1. The third-order valence-electron chi connectivity index (χ3n) is 4.83. The summed E-state index contributed by atoms with van der Waals surface area (Å²) in [5.41, 5.74) is 3.75. The Morgan fingerprint density at radius 2 is 1.95 bits per heavy atom. The van der Waals surface area contributed by atoms with Gasteiger partial charge in [0.1, 0.15) is 0 Å².